The number of anilines is 6. The molecule has 0 amide bonds. The zero-order valence-electron chi connectivity index (χ0n) is 51.3. The largest absolute Gasteiger partial charge is 0.310 e. The van der Waals surface area contributed by atoms with Crippen molar-refractivity contribution in [3.63, 3.8) is 0 Å². The van der Waals surface area contributed by atoms with Crippen molar-refractivity contribution in [3.05, 3.63) is 363 Å². The summed E-state index contributed by atoms with van der Waals surface area (Å²) in [6, 6.07) is 129. The van der Waals surface area contributed by atoms with Crippen molar-refractivity contribution in [1.29, 1.82) is 0 Å². The minimum absolute atomic E-state index is 0.253. The predicted octanol–water partition coefficient (Wildman–Crippen LogP) is 25.0. The van der Waals surface area contributed by atoms with Crippen LogP contribution < -0.4 is 9.80 Å². The van der Waals surface area contributed by atoms with Crippen molar-refractivity contribution in [2.24, 2.45) is 0 Å². The van der Waals surface area contributed by atoms with E-state index in [-0.39, 0.29) is 5.41 Å². The first-order valence-corrected chi connectivity index (χ1v) is 31.9. The molecule has 2 heteroatoms. The molecule has 14 aromatic carbocycles. The van der Waals surface area contributed by atoms with Crippen LogP contribution in [0.5, 0.6) is 0 Å². The minimum Gasteiger partial charge on any atom is -0.310 e. The predicted molar refractivity (Wildman–Crippen MR) is 386 cm³/mol. The third-order valence-corrected chi connectivity index (χ3v) is 18.7. The van der Waals surface area contributed by atoms with Gasteiger partial charge in [0, 0.05) is 39.5 Å². The molecule has 2 nitrogen and oxygen atoms in total. The lowest BCUT2D eigenvalue weighted by atomic mass is 9.73. The molecule has 0 atom stereocenters. The van der Waals surface area contributed by atoms with Gasteiger partial charge in [0.25, 0.3) is 0 Å². The Balaban J connectivity index is 0.819. The molecule has 0 aromatic heterocycles. The fraction of sp³-hybridized carbons (Fsp3) is 0.0562. The van der Waals surface area contributed by atoms with Gasteiger partial charge in [-0.3, -0.25) is 0 Å². The molecule has 0 saturated carbocycles. The van der Waals surface area contributed by atoms with Crippen molar-refractivity contribution in [1.82, 2.24) is 0 Å². The highest BCUT2D eigenvalue weighted by Crippen LogP contribution is 2.56. The Morgan fingerprint density at radius 3 is 0.593 bits per heavy atom. The van der Waals surface area contributed by atoms with Gasteiger partial charge in [0.15, 0.2) is 0 Å². The minimum atomic E-state index is -0.253. The van der Waals surface area contributed by atoms with Crippen LogP contribution in [0, 0.1) is 0 Å². The van der Waals surface area contributed by atoms with Crippen molar-refractivity contribution in [3.8, 4) is 100 Å². The topological polar surface area (TPSA) is 6.48 Å². The molecule has 0 spiro atoms. The lowest BCUT2D eigenvalue weighted by Gasteiger charge is -2.33. The van der Waals surface area contributed by atoms with Gasteiger partial charge in [0.1, 0.15) is 0 Å². The maximum absolute atomic E-state index is 2.51. The van der Waals surface area contributed by atoms with E-state index in [0.29, 0.717) is 0 Å². The van der Waals surface area contributed by atoms with Crippen LogP contribution in [0.3, 0.4) is 0 Å². The Kier molecular flexibility index (Phi) is 15.2. The van der Waals surface area contributed by atoms with Crippen LogP contribution in [0.15, 0.2) is 352 Å². The van der Waals surface area contributed by atoms with Crippen LogP contribution in [0.1, 0.15) is 37.8 Å². The molecule has 1 aliphatic carbocycles. The van der Waals surface area contributed by atoms with Crippen LogP contribution in [0.25, 0.3) is 100 Å². The molecule has 14 aromatic rings. The second-order valence-corrected chi connectivity index (χ2v) is 23.9. The van der Waals surface area contributed by atoms with E-state index in [1.165, 1.54) is 100 Å². The summed E-state index contributed by atoms with van der Waals surface area (Å²) in [6.45, 7) is 4.76. The number of nitrogens with zero attached hydrogens (tertiary/aromatic N) is 2. The molecule has 1 aliphatic rings. The number of rotatable bonds is 16. The second kappa shape index (κ2) is 24.7. The van der Waals surface area contributed by atoms with Crippen LogP contribution in [-0.4, -0.2) is 0 Å². The smallest absolute Gasteiger partial charge is 0.0465 e. The van der Waals surface area contributed by atoms with Gasteiger partial charge in [0.05, 0.1) is 0 Å². The zero-order valence-corrected chi connectivity index (χ0v) is 51.3. The average Bonchev–Trinajstić information content (AvgIpc) is 1.58. The Morgan fingerprint density at radius 2 is 0.374 bits per heavy atom. The molecular formula is C89H68N2. The number of benzene rings is 14. The van der Waals surface area contributed by atoms with E-state index in [4.69, 9.17) is 0 Å². The van der Waals surface area contributed by atoms with E-state index in [0.717, 1.165) is 58.1 Å². The molecule has 434 valence electrons. The van der Waals surface area contributed by atoms with Crippen LogP contribution in [0.2, 0.25) is 0 Å². The van der Waals surface area contributed by atoms with Gasteiger partial charge in [-0.05, 0) is 233 Å². The standard InChI is InChI=1S/C89H68N2/c1-3-89(4-2)87-61-83(90(79-43-35-69(36-44-79)63-23-11-5-12-24-63)81-47-39-71(40-48-81)77-57-73(65-27-15-7-16-28-65)55-74(58-77)66-29-17-8-18-30-66)51-53-85(87)86-54-52-84(62-88(86)89)91(80-45-37-70(38-46-80)64-25-13-6-14-26-64)82-49-41-72(42-50-82)78-59-75(67-31-19-9-20-32-67)56-76(60-78)68-33-21-10-22-34-68/h5-62H,3-4H2,1-2H3. The molecule has 0 heterocycles. The normalized spacial score (nSPS) is 12.0. The van der Waals surface area contributed by atoms with Crippen molar-refractivity contribution in [2.75, 3.05) is 9.80 Å². The third-order valence-electron chi connectivity index (χ3n) is 18.7. The van der Waals surface area contributed by atoms with Crippen LogP contribution >= 0.6 is 0 Å². The first-order chi connectivity index (χ1) is 45.0. The van der Waals surface area contributed by atoms with E-state index >= 15 is 0 Å². The van der Waals surface area contributed by atoms with Crippen LogP contribution in [-0.2, 0) is 5.41 Å². The van der Waals surface area contributed by atoms with Crippen LogP contribution in [0.4, 0.5) is 34.1 Å². The lowest BCUT2D eigenvalue weighted by Crippen LogP contribution is -2.24. The first kappa shape index (κ1) is 56.2. The molecule has 0 saturated heterocycles. The monoisotopic (exact) mass is 1160 g/mol. The summed E-state index contributed by atoms with van der Waals surface area (Å²) in [7, 11) is 0. The molecule has 0 bridgehead atoms. The molecule has 0 fully saturated rings. The summed E-state index contributed by atoms with van der Waals surface area (Å²) >= 11 is 0. The average molecular weight is 1170 g/mol. The summed E-state index contributed by atoms with van der Waals surface area (Å²) in [5.41, 5.74) is 30.7. The highest BCUT2D eigenvalue weighted by molar-refractivity contribution is 5.91. The molecule has 0 radical (unpaired) electrons. The van der Waals surface area contributed by atoms with E-state index in [2.05, 4.69) is 375 Å². The maximum atomic E-state index is 2.51. The van der Waals surface area contributed by atoms with Gasteiger partial charge in [-0.2, -0.15) is 0 Å². The van der Waals surface area contributed by atoms with Gasteiger partial charge >= 0.3 is 0 Å². The van der Waals surface area contributed by atoms with Gasteiger partial charge in [0.2, 0.25) is 0 Å². The van der Waals surface area contributed by atoms with Gasteiger partial charge in [-0.25, -0.2) is 0 Å². The number of hydrogen-bond acceptors (Lipinski definition) is 2. The van der Waals surface area contributed by atoms with Crippen molar-refractivity contribution in [2.45, 2.75) is 32.1 Å². The molecule has 0 N–H and O–H groups in total. The summed E-state index contributed by atoms with van der Waals surface area (Å²) < 4.78 is 0. The van der Waals surface area contributed by atoms with Crippen molar-refractivity contribution < 1.29 is 0 Å². The van der Waals surface area contributed by atoms with Gasteiger partial charge < -0.3 is 9.80 Å². The Labute approximate surface area is 536 Å². The van der Waals surface area contributed by atoms with Gasteiger partial charge in [-0.15, -0.1) is 0 Å². The number of fused-ring (bicyclic) bond motifs is 3. The third kappa shape index (κ3) is 11.0. The second-order valence-electron chi connectivity index (χ2n) is 23.9. The Morgan fingerprint density at radius 1 is 0.187 bits per heavy atom. The highest BCUT2D eigenvalue weighted by Gasteiger charge is 2.41. The maximum Gasteiger partial charge on any atom is 0.0465 e. The van der Waals surface area contributed by atoms with E-state index in [1.807, 2.05) is 0 Å². The molecule has 15 rings (SSSR count). The fourth-order valence-electron chi connectivity index (χ4n) is 13.9. The van der Waals surface area contributed by atoms with E-state index in [1.54, 1.807) is 0 Å². The SMILES string of the molecule is CCC1(CC)c2cc(N(c3ccc(-c4ccccc4)cc3)c3ccc(-c4cc(-c5ccccc5)cc(-c5ccccc5)c4)cc3)ccc2-c2ccc(N(c3ccc(-c4ccccc4)cc3)c3ccc(-c4cc(-c5ccccc5)cc(-c5ccccc5)c4)cc3)cc21. The summed E-state index contributed by atoms with van der Waals surface area (Å²) in [6.07, 6.45) is 1.88. The summed E-state index contributed by atoms with van der Waals surface area (Å²) in [5, 5.41) is 0. The molecular weight excluding hydrogens is 1100 g/mol. The Bertz CT molecular complexity index is 4390. The van der Waals surface area contributed by atoms with Crippen molar-refractivity contribution >= 4 is 34.1 Å². The van der Waals surface area contributed by atoms with Gasteiger partial charge in [-0.1, -0.05) is 257 Å². The first-order valence-electron chi connectivity index (χ1n) is 31.9. The van der Waals surface area contributed by atoms with E-state index < -0.39 is 0 Å². The van der Waals surface area contributed by atoms with E-state index in [9.17, 15) is 0 Å². The molecule has 0 aliphatic heterocycles. The summed E-state index contributed by atoms with van der Waals surface area (Å²) in [4.78, 5) is 4.90. The highest BCUT2D eigenvalue weighted by atomic mass is 15.1. The number of hydrogen-bond donors (Lipinski definition) is 0. The zero-order chi connectivity index (χ0) is 61.1. The Hall–Kier alpha value is -11.3. The fourth-order valence-corrected chi connectivity index (χ4v) is 13.9. The molecule has 91 heavy (non-hydrogen) atoms. The summed E-state index contributed by atoms with van der Waals surface area (Å²) in [5.74, 6) is 0. The lowest BCUT2D eigenvalue weighted by molar-refractivity contribution is 0.490. The molecule has 0 unspecified atom stereocenters. The quantitative estimate of drug-likeness (QED) is 0.0951.